The summed E-state index contributed by atoms with van der Waals surface area (Å²) in [5, 5.41) is 3.58. The second kappa shape index (κ2) is 8.82. The minimum absolute atomic E-state index is 0.298. The number of hydrazine groups is 4. The third-order valence-corrected chi connectivity index (χ3v) is 2.82. The van der Waals surface area contributed by atoms with Crippen molar-refractivity contribution in [2.24, 2.45) is 0 Å². The smallest absolute Gasteiger partial charge is 0.191 e. The van der Waals surface area contributed by atoms with E-state index in [1.807, 2.05) is 0 Å². The molecule has 0 aliphatic carbocycles. The zero-order valence-corrected chi connectivity index (χ0v) is 12.3. The summed E-state index contributed by atoms with van der Waals surface area (Å²) in [6.45, 7) is 1.62. The molecule has 0 amide bonds. The molecule has 1 saturated heterocycles. The van der Waals surface area contributed by atoms with Gasteiger partial charge in [-0.05, 0) is 12.8 Å². The highest BCUT2D eigenvalue weighted by atomic mass is 79.9. The molecule has 0 spiro atoms. The van der Waals surface area contributed by atoms with Crippen LogP contribution in [0.25, 0.3) is 0 Å². The minimum atomic E-state index is -0.298. The van der Waals surface area contributed by atoms with Gasteiger partial charge in [0.15, 0.2) is 0 Å². The molecule has 110 valence electrons. The molecule has 1 rings (SSSR count). The van der Waals surface area contributed by atoms with Crippen LogP contribution in [0.15, 0.2) is 0 Å². The lowest BCUT2D eigenvalue weighted by atomic mass is 10.4. The van der Waals surface area contributed by atoms with Crippen molar-refractivity contribution in [2.45, 2.75) is 12.8 Å². The lowest BCUT2D eigenvalue weighted by molar-refractivity contribution is -0.799. The maximum Gasteiger partial charge on any atom is 0.274 e. The molecule has 1 aliphatic rings. The van der Waals surface area contributed by atoms with Crippen LogP contribution in [0.1, 0.15) is 12.8 Å². The number of nitrogens with one attached hydrogen (secondary N) is 2. The summed E-state index contributed by atoms with van der Waals surface area (Å²) >= 11 is 3.20. The average molecular weight is 343 g/mol. The van der Waals surface area contributed by atoms with Crippen LogP contribution in [-0.2, 0) is 9.68 Å². The Morgan fingerprint density at radius 2 is 1.89 bits per heavy atom. The van der Waals surface area contributed by atoms with E-state index < -0.39 is 0 Å². The summed E-state index contributed by atoms with van der Waals surface area (Å²) in [4.78, 5) is 33.0. The van der Waals surface area contributed by atoms with Crippen LogP contribution in [0.3, 0.4) is 0 Å². The van der Waals surface area contributed by atoms with Crippen LogP contribution in [0.2, 0.25) is 0 Å². The van der Waals surface area contributed by atoms with Crippen molar-refractivity contribution < 1.29 is 19.6 Å². The summed E-state index contributed by atoms with van der Waals surface area (Å²) in [7, 11) is 1.59. The second-order valence-electron chi connectivity index (χ2n) is 3.87. The fraction of sp³-hybridized carbons (Fsp3) is 1.00. The minimum Gasteiger partial charge on any atom is -0.191 e. The zero-order valence-electron chi connectivity index (χ0n) is 10.7. The summed E-state index contributed by atoms with van der Waals surface area (Å²) in [6, 6.07) is 0. The van der Waals surface area contributed by atoms with Crippen LogP contribution in [0.5, 0.6) is 0 Å². The van der Waals surface area contributed by atoms with Crippen LogP contribution >= 0.6 is 15.9 Å². The largest absolute Gasteiger partial charge is 0.274 e. The third kappa shape index (κ3) is 5.98. The quantitative estimate of drug-likeness (QED) is 0.183. The van der Waals surface area contributed by atoms with Gasteiger partial charge in [-0.2, -0.15) is 9.68 Å². The molecule has 1 aliphatic heterocycles. The highest BCUT2D eigenvalue weighted by molar-refractivity contribution is 9.09. The summed E-state index contributed by atoms with van der Waals surface area (Å²) in [6.07, 6.45) is 1.98. The molecule has 0 atom stereocenters. The van der Waals surface area contributed by atoms with Gasteiger partial charge in [-0.3, -0.25) is 0 Å². The van der Waals surface area contributed by atoms with Crippen molar-refractivity contribution in [2.75, 3.05) is 38.8 Å². The second-order valence-corrected chi connectivity index (χ2v) is 4.66. The topological polar surface area (TPSA) is 89.2 Å². The lowest BCUT2D eigenvalue weighted by Crippen LogP contribution is -2.43. The van der Waals surface area contributed by atoms with Crippen LogP contribution in [-0.4, -0.2) is 58.8 Å². The standard InChI is InChI=1S/C8H19BrN6O4/c1-12(7-4-9)14(16)10-18-8-19-11-15(17)13-5-2-3-6-13/h2-8H2,1H3,(H,10,16)(H,11,17)/q+2. The fourth-order valence-electron chi connectivity index (χ4n) is 1.42. The number of nitroso groups, excluding NO2 is 2. The molecule has 0 aromatic carbocycles. The van der Waals surface area contributed by atoms with Crippen molar-refractivity contribution in [1.29, 1.82) is 0 Å². The zero-order chi connectivity index (χ0) is 14.1. The Labute approximate surface area is 119 Å². The van der Waals surface area contributed by atoms with Crippen molar-refractivity contribution >= 4 is 15.9 Å². The van der Waals surface area contributed by atoms with Gasteiger partial charge in [0.2, 0.25) is 6.79 Å². The predicted molar refractivity (Wildman–Crippen MR) is 67.8 cm³/mol. The monoisotopic (exact) mass is 342 g/mol. The van der Waals surface area contributed by atoms with Crippen LogP contribution < -0.4 is 11.2 Å². The third-order valence-electron chi connectivity index (χ3n) is 2.46. The van der Waals surface area contributed by atoms with E-state index in [0.29, 0.717) is 34.9 Å². The van der Waals surface area contributed by atoms with Crippen molar-refractivity contribution in [1.82, 2.24) is 21.2 Å². The molecule has 1 heterocycles. The summed E-state index contributed by atoms with van der Waals surface area (Å²) < 4.78 is 0. The van der Waals surface area contributed by atoms with Crippen molar-refractivity contribution in [3.8, 4) is 0 Å². The molecule has 0 saturated carbocycles. The maximum absolute atomic E-state index is 11.4. The van der Waals surface area contributed by atoms with Gasteiger partial charge >= 0.3 is 0 Å². The van der Waals surface area contributed by atoms with E-state index in [2.05, 4.69) is 27.1 Å². The average Bonchev–Trinajstić information content (AvgIpc) is 2.92. The number of nitrogens with zero attached hydrogens (tertiary/aromatic N) is 4. The number of alkyl halides is 1. The van der Waals surface area contributed by atoms with E-state index >= 15 is 0 Å². The van der Waals surface area contributed by atoms with E-state index in [-0.39, 0.29) is 6.79 Å². The van der Waals surface area contributed by atoms with E-state index in [1.165, 1.54) is 5.01 Å². The van der Waals surface area contributed by atoms with Crippen molar-refractivity contribution in [3.63, 3.8) is 0 Å². The van der Waals surface area contributed by atoms with Crippen LogP contribution in [0, 0.1) is 9.81 Å². The Morgan fingerprint density at radius 3 is 2.53 bits per heavy atom. The lowest BCUT2D eigenvalue weighted by Gasteiger charge is -2.07. The van der Waals surface area contributed by atoms with Crippen molar-refractivity contribution in [3.05, 3.63) is 9.81 Å². The Balaban J connectivity index is 2.01. The van der Waals surface area contributed by atoms with Gasteiger partial charge in [-0.15, -0.1) is 10.0 Å². The molecular weight excluding hydrogens is 324 g/mol. The molecule has 0 radical (unpaired) electrons. The first-order chi connectivity index (χ1) is 9.15. The number of halogens is 1. The molecule has 10 nitrogen and oxygen atoms in total. The molecule has 0 unspecified atom stereocenters. The van der Waals surface area contributed by atoms with E-state index in [0.717, 1.165) is 12.8 Å². The first kappa shape index (κ1) is 15.9. The van der Waals surface area contributed by atoms with Gasteiger partial charge < -0.3 is 0 Å². The normalized spacial score (nSPS) is 14.3. The molecule has 0 aromatic rings. The maximum atomic E-state index is 11.4. The van der Waals surface area contributed by atoms with Gasteiger partial charge in [-0.1, -0.05) is 15.9 Å². The molecular formula is C8H19BrN6O4+2. The Hall–Kier alpha value is -1.20. The van der Waals surface area contributed by atoms with Gasteiger partial charge in [-0.25, -0.2) is 0 Å². The van der Waals surface area contributed by atoms with E-state index in [4.69, 9.17) is 9.68 Å². The summed E-state index contributed by atoms with van der Waals surface area (Å²) in [5.74, 6) is 0. The predicted octanol–water partition coefficient (Wildman–Crippen LogP) is -0.373. The van der Waals surface area contributed by atoms with Gasteiger partial charge in [0.25, 0.3) is 9.96 Å². The van der Waals surface area contributed by atoms with E-state index in [9.17, 15) is 9.81 Å². The highest BCUT2D eigenvalue weighted by Gasteiger charge is 2.25. The van der Waals surface area contributed by atoms with Gasteiger partial charge in [0.1, 0.15) is 0 Å². The molecule has 11 heteroatoms. The van der Waals surface area contributed by atoms with Crippen LogP contribution in [0.4, 0.5) is 0 Å². The Morgan fingerprint density at radius 1 is 1.26 bits per heavy atom. The number of hydrogen-bond donors (Lipinski definition) is 2. The SMILES string of the molecule is CN(CCBr)[N+](=O)NOCON[N+](=O)N1CCCC1. The molecule has 0 aromatic heterocycles. The molecule has 19 heavy (non-hydrogen) atoms. The van der Waals surface area contributed by atoms with Gasteiger partial charge in [0.05, 0.1) is 36.5 Å². The Kier molecular flexibility index (Phi) is 7.36. The molecule has 0 bridgehead atoms. The molecule has 1 fully saturated rings. The molecule has 2 N–H and O–H groups in total. The number of rotatable bonds is 10. The van der Waals surface area contributed by atoms with E-state index in [1.54, 1.807) is 12.1 Å². The highest BCUT2D eigenvalue weighted by Crippen LogP contribution is 2.05. The van der Waals surface area contributed by atoms with Gasteiger partial charge in [0, 0.05) is 16.5 Å². The number of hydrogen-bond acceptors (Lipinski definition) is 4. The first-order valence-corrected chi connectivity index (χ1v) is 6.98. The first-order valence-electron chi connectivity index (χ1n) is 5.86. The fourth-order valence-corrected chi connectivity index (χ4v) is 1.93. The summed E-state index contributed by atoms with van der Waals surface area (Å²) in [5.41, 5.74) is 4.24. The Bertz CT molecular complexity index is 301.